The van der Waals surface area contributed by atoms with Crippen LogP contribution in [0, 0.1) is 0 Å². The van der Waals surface area contributed by atoms with Gasteiger partial charge in [0.2, 0.25) is 0 Å². The largest absolute Gasteiger partial charge is 0.405 e. The maximum Gasteiger partial charge on any atom is 0.405 e. The minimum absolute atomic E-state index is 0.494. The molecule has 0 aromatic rings. The highest BCUT2D eigenvalue weighted by Crippen LogP contribution is 2.44. The molecule has 4 nitrogen and oxygen atoms in total. The molecule has 0 heterocycles. The SMILES string of the molecule is C=CCCCCCOP(=O)(NCCCCCCCC)OCCCCCCCC. The molecular formula is C23H48NO3P. The van der Waals surface area contributed by atoms with Crippen LogP contribution in [0.25, 0.3) is 0 Å². The average molecular weight is 418 g/mol. The molecule has 0 fully saturated rings. The second kappa shape index (κ2) is 21.6. The second-order valence-electron chi connectivity index (χ2n) is 7.75. The van der Waals surface area contributed by atoms with E-state index >= 15 is 0 Å². The Morgan fingerprint density at radius 1 is 0.714 bits per heavy atom. The second-order valence-corrected chi connectivity index (χ2v) is 9.57. The minimum atomic E-state index is -3.17. The summed E-state index contributed by atoms with van der Waals surface area (Å²) in [6.07, 6.45) is 20.6. The molecule has 0 saturated heterocycles. The quantitative estimate of drug-likeness (QED) is 0.103. The van der Waals surface area contributed by atoms with Crippen LogP contribution in [0.4, 0.5) is 0 Å². The summed E-state index contributed by atoms with van der Waals surface area (Å²) in [5, 5.41) is 3.10. The van der Waals surface area contributed by atoms with E-state index in [1.807, 2.05) is 6.08 Å². The zero-order valence-electron chi connectivity index (χ0n) is 18.9. The van der Waals surface area contributed by atoms with Crippen molar-refractivity contribution in [1.29, 1.82) is 0 Å². The van der Waals surface area contributed by atoms with Crippen LogP contribution in [0.1, 0.15) is 117 Å². The molecule has 0 aromatic carbocycles. The molecule has 0 spiro atoms. The zero-order chi connectivity index (χ0) is 20.8. The summed E-state index contributed by atoms with van der Waals surface area (Å²) in [5.41, 5.74) is 0. The van der Waals surface area contributed by atoms with Crippen molar-refractivity contribution in [2.75, 3.05) is 19.8 Å². The van der Waals surface area contributed by atoms with E-state index in [1.54, 1.807) is 0 Å². The van der Waals surface area contributed by atoms with Gasteiger partial charge in [-0.25, -0.2) is 9.65 Å². The van der Waals surface area contributed by atoms with Crippen molar-refractivity contribution in [1.82, 2.24) is 5.09 Å². The number of hydrogen-bond acceptors (Lipinski definition) is 3. The Kier molecular flexibility index (Phi) is 21.4. The lowest BCUT2D eigenvalue weighted by Crippen LogP contribution is -2.17. The molecule has 28 heavy (non-hydrogen) atoms. The van der Waals surface area contributed by atoms with E-state index in [9.17, 15) is 4.57 Å². The third kappa shape index (κ3) is 19.2. The van der Waals surface area contributed by atoms with Gasteiger partial charge in [-0.05, 0) is 32.1 Å². The number of nitrogens with one attached hydrogen (secondary N) is 1. The smallest absolute Gasteiger partial charge is 0.297 e. The summed E-state index contributed by atoms with van der Waals surface area (Å²) >= 11 is 0. The lowest BCUT2D eigenvalue weighted by molar-refractivity contribution is 0.189. The molecule has 0 aliphatic rings. The van der Waals surface area contributed by atoms with Gasteiger partial charge in [0.05, 0.1) is 13.2 Å². The fraction of sp³-hybridized carbons (Fsp3) is 0.913. The summed E-state index contributed by atoms with van der Waals surface area (Å²) in [4.78, 5) is 0. The van der Waals surface area contributed by atoms with Gasteiger partial charge in [0.25, 0.3) is 0 Å². The fourth-order valence-electron chi connectivity index (χ4n) is 3.07. The molecule has 5 heteroatoms. The molecule has 0 aliphatic heterocycles. The molecule has 0 radical (unpaired) electrons. The monoisotopic (exact) mass is 417 g/mol. The first kappa shape index (κ1) is 27.8. The number of unbranched alkanes of at least 4 members (excludes halogenated alkanes) is 13. The van der Waals surface area contributed by atoms with Crippen LogP contribution in [0.15, 0.2) is 12.7 Å². The molecule has 0 bridgehead atoms. The Morgan fingerprint density at radius 2 is 1.18 bits per heavy atom. The maximum absolute atomic E-state index is 13.0. The minimum Gasteiger partial charge on any atom is -0.297 e. The summed E-state index contributed by atoms with van der Waals surface area (Å²) < 4.78 is 24.4. The standard InChI is InChI=1S/C23H48NO3P/c1-4-7-10-13-15-18-21-24-28(25,26-22-19-16-12-9-6-3)27-23-20-17-14-11-8-5-2/h6H,3-5,7-23H2,1-2H3,(H,24,25). The summed E-state index contributed by atoms with van der Waals surface area (Å²) in [5.74, 6) is 0. The summed E-state index contributed by atoms with van der Waals surface area (Å²) in [6, 6.07) is 0. The molecule has 0 amide bonds. The van der Waals surface area contributed by atoms with Crippen molar-refractivity contribution in [3.05, 3.63) is 12.7 Å². The van der Waals surface area contributed by atoms with Gasteiger partial charge in [-0.1, -0.05) is 90.6 Å². The van der Waals surface area contributed by atoms with E-state index in [0.717, 1.165) is 44.9 Å². The number of hydrogen-bond donors (Lipinski definition) is 1. The van der Waals surface area contributed by atoms with Crippen LogP contribution in [0.3, 0.4) is 0 Å². The Morgan fingerprint density at radius 3 is 1.71 bits per heavy atom. The van der Waals surface area contributed by atoms with Crippen LogP contribution < -0.4 is 5.09 Å². The predicted molar refractivity (Wildman–Crippen MR) is 123 cm³/mol. The molecule has 0 saturated carbocycles. The Hall–Kier alpha value is -0.150. The molecule has 1 atom stereocenters. The van der Waals surface area contributed by atoms with Gasteiger partial charge in [-0.2, -0.15) is 0 Å². The first-order chi connectivity index (χ1) is 13.7. The van der Waals surface area contributed by atoms with Gasteiger partial charge in [0.15, 0.2) is 0 Å². The van der Waals surface area contributed by atoms with Crippen molar-refractivity contribution < 1.29 is 13.6 Å². The third-order valence-corrected chi connectivity index (χ3v) is 6.56. The number of allylic oxidation sites excluding steroid dienone is 1. The first-order valence-electron chi connectivity index (χ1n) is 11.9. The molecular weight excluding hydrogens is 369 g/mol. The van der Waals surface area contributed by atoms with Crippen molar-refractivity contribution in [3.8, 4) is 0 Å². The van der Waals surface area contributed by atoms with Gasteiger partial charge in [-0.3, -0.25) is 9.05 Å². The van der Waals surface area contributed by atoms with Crippen LogP contribution >= 0.6 is 7.75 Å². The van der Waals surface area contributed by atoms with Crippen LogP contribution in [0.5, 0.6) is 0 Å². The van der Waals surface area contributed by atoms with Crippen molar-refractivity contribution in [2.45, 2.75) is 117 Å². The predicted octanol–water partition coefficient (Wildman–Crippen LogP) is 8.18. The molecule has 0 aromatic heterocycles. The lowest BCUT2D eigenvalue weighted by atomic mass is 10.1. The highest BCUT2D eigenvalue weighted by Gasteiger charge is 2.23. The molecule has 1 N–H and O–H groups in total. The Balaban J connectivity index is 4.06. The van der Waals surface area contributed by atoms with Gasteiger partial charge in [0, 0.05) is 6.54 Å². The van der Waals surface area contributed by atoms with Crippen LogP contribution in [-0.4, -0.2) is 19.8 Å². The lowest BCUT2D eigenvalue weighted by Gasteiger charge is -2.19. The van der Waals surface area contributed by atoms with Crippen molar-refractivity contribution in [3.63, 3.8) is 0 Å². The zero-order valence-corrected chi connectivity index (χ0v) is 19.8. The fourth-order valence-corrected chi connectivity index (χ4v) is 4.50. The number of rotatable bonds is 23. The van der Waals surface area contributed by atoms with E-state index in [1.165, 1.54) is 57.8 Å². The normalized spacial score (nSPS) is 13.5. The van der Waals surface area contributed by atoms with E-state index in [2.05, 4.69) is 25.5 Å². The van der Waals surface area contributed by atoms with Gasteiger partial charge < -0.3 is 0 Å². The van der Waals surface area contributed by atoms with Gasteiger partial charge in [-0.15, -0.1) is 6.58 Å². The molecule has 0 rings (SSSR count). The van der Waals surface area contributed by atoms with Gasteiger partial charge >= 0.3 is 7.75 Å². The van der Waals surface area contributed by atoms with Crippen molar-refractivity contribution >= 4 is 7.75 Å². The van der Waals surface area contributed by atoms with E-state index in [4.69, 9.17) is 9.05 Å². The Labute approximate surface area is 175 Å². The van der Waals surface area contributed by atoms with E-state index in [0.29, 0.717) is 19.8 Å². The van der Waals surface area contributed by atoms with E-state index < -0.39 is 7.75 Å². The molecule has 1 unspecified atom stereocenters. The van der Waals surface area contributed by atoms with E-state index in [-0.39, 0.29) is 0 Å². The van der Waals surface area contributed by atoms with Gasteiger partial charge in [0.1, 0.15) is 0 Å². The highest BCUT2D eigenvalue weighted by atomic mass is 31.2. The summed E-state index contributed by atoms with van der Waals surface area (Å²) in [6.45, 7) is 9.91. The maximum atomic E-state index is 13.0. The van der Waals surface area contributed by atoms with Crippen LogP contribution in [-0.2, 0) is 13.6 Å². The highest BCUT2D eigenvalue weighted by molar-refractivity contribution is 7.51. The summed E-state index contributed by atoms with van der Waals surface area (Å²) in [7, 11) is -3.17. The van der Waals surface area contributed by atoms with Crippen molar-refractivity contribution in [2.24, 2.45) is 0 Å². The van der Waals surface area contributed by atoms with Crippen LogP contribution in [0.2, 0.25) is 0 Å². The molecule has 168 valence electrons. The topological polar surface area (TPSA) is 47.6 Å². The Bertz CT molecular complexity index is 355. The average Bonchev–Trinajstić information content (AvgIpc) is 2.69. The third-order valence-electron chi connectivity index (χ3n) is 4.91. The first-order valence-corrected chi connectivity index (χ1v) is 13.5. The molecule has 0 aliphatic carbocycles.